The molecule has 0 aromatic carbocycles. The van der Waals surface area contributed by atoms with Crippen LogP contribution in [0.3, 0.4) is 0 Å². The van der Waals surface area contributed by atoms with Crippen LogP contribution < -0.4 is 5.32 Å². The highest BCUT2D eigenvalue weighted by Gasteiger charge is 2.34. The standard InChI is InChI=1S/C20H29NO5S/c1-6-26-19(24)17-13-8-7-12(20(2,3)4)11-14(13)27-18(17)21-15(22)9-10-16(23)25-5/h12H,6-11H2,1-5H3,(H,21,22). The maximum Gasteiger partial charge on any atom is 0.341 e. The summed E-state index contributed by atoms with van der Waals surface area (Å²) in [6.45, 7) is 8.75. The first kappa shape index (κ1) is 21.4. The molecule has 0 aliphatic heterocycles. The fraction of sp³-hybridized carbons (Fsp3) is 0.650. The number of carbonyl (C=O) groups excluding carboxylic acids is 3. The average Bonchev–Trinajstić information content (AvgIpc) is 2.95. The molecule has 1 aliphatic rings. The molecule has 1 aliphatic carbocycles. The van der Waals surface area contributed by atoms with Crippen LogP contribution in [0.15, 0.2) is 0 Å². The van der Waals surface area contributed by atoms with Gasteiger partial charge in [-0.1, -0.05) is 20.8 Å². The molecule has 1 heterocycles. The van der Waals surface area contributed by atoms with Crippen molar-refractivity contribution < 1.29 is 23.9 Å². The van der Waals surface area contributed by atoms with Gasteiger partial charge in [0.1, 0.15) is 5.00 Å². The second-order valence-corrected chi connectivity index (χ2v) is 8.96. The first-order valence-electron chi connectivity index (χ1n) is 9.35. The third-order valence-corrected chi connectivity index (χ3v) is 6.18. The first-order chi connectivity index (χ1) is 12.7. The number of rotatable bonds is 6. The fourth-order valence-electron chi connectivity index (χ4n) is 3.34. The lowest BCUT2D eigenvalue weighted by Gasteiger charge is -2.33. The van der Waals surface area contributed by atoms with E-state index in [1.54, 1.807) is 6.92 Å². The van der Waals surface area contributed by atoms with Gasteiger partial charge in [0.15, 0.2) is 0 Å². The smallest absolute Gasteiger partial charge is 0.341 e. The van der Waals surface area contributed by atoms with Gasteiger partial charge in [0.2, 0.25) is 5.91 Å². The molecule has 1 atom stereocenters. The molecule has 1 unspecified atom stereocenters. The van der Waals surface area contributed by atoms with Gasteiger partial charge >= 0.3 is 11.9 Å². The molecule has 0 radical (unpaired) electrons. The third kappa shape index (κ3) is 5.31. The summed E-state index contributed by atoms with van der Waals surface area (Å²) < 4.78 is 9.79. The molecule has 0 saturated carbocycles. The number of anilines is 1. The fourth-order valence-corrected chi connectivity index (χ4v) is 4.67. The maximum absolute atomic E-state index is 12.5. The van der Waals surface area contributed by atoms with Crippen molar-refractivity contribution in [2.75, 3.05) is 19.0 Å². The molecule has 0 bridgehead atoms. The molecule has 0 spiro atoms. The van der Waals surface area contributed by atoms with Crippen molar-refractivity contribution in [3.63, 3.8) is 0 Å². The molecule has 0 saturated heterocycles. The van der Waals surface area contributed by atoms with Gasteiger partial charge in [0, 0.05) is 11.3 Å². The molecular weight excluding hydrogens is 366 g/mol. The summed E-state index contributed by atoms with van der Waals surface area (Å²) >= 11 is 1.46. The summed E-state index contributed by atoms with van der Waals surface area (Å²) in [5, 5.41) is 3.34. The Kier molecular flexibility index (Phi) is 7.03. The van der Waals surface area contributed by atoms with E-state index in [0.717, 1.165) is 29.7 Å². The normalized spacial score (nSPS) is 16.4. The van der Waals surface area contributed by atoms with Crippen LogP contribution in [0, 0.1) is 11.3 Å². The van der Waals surface area contributed by atoms with Crippen LogP contribution in [0.2, 0.25) is 0 Å². The Hall–Kier alpha value is -1.89. The van der Waals surface area contributed by atoms with E-state index in [-0.39, 0.29) is 30.8 Å². The SMILES string of the molecule is CCOC(=O)c1c(NC(=O)CCC(=O)OC)sc2c1CCC(C(C)(C)C)C2. The monoisotopic (exact) mass is 395 g/mol. The van der Waals surface area contributed by atoms with Gasteiger partial charge < -0.3 is 14.8 Å². The average molecular weight is 396 g/mol. The predicted octanol–water partition coefficient (Wildman–Crippen LogP) is 3.97. The van der Waals surface area contributed by atoms with E-state index >= 15 is 0 Å². The maximum atomic E-state index is 12.5. The number of ether oxygens (including phenoxy) is 2. The molecule has 1 amide bonds. The number of methoxy groups -OCH3 is 1. The zero-order chi connectivity index (χ0) is 20.2. The van der Waals surface area contributed by atoms with Crippen LogP contribution >= 0.6 is 11.3 Å². The summed E-state index contributed by atoms with van der Waals surface area (Å²) in [5.41, 5.74) is 1.67. The van der Waals surface area contributed by atoms with E-state index < -0.39 is 11.9 Å². The van der Waals surface area contributed by atoms with Crippen molar-refractivity contribution in [2.45, 2.75) is 59.8 Å². The van der Waals surface area contributed by atoms with Gasteiger partial charge in [-0.15, -0.1) is 11.3 Å². The summed E-state index contributed by atoms with van der Waals surface area (Å²) in [4.78, 5) is 37.2. The topological polar surface area (TPSA) is 81.7 Å². The number of fused-ring (bicyclic) bond motifs is 1. The number of nitrogens with one attached hydrogen (secondary N) is 1. The number of hydrogen-bond donors (Lipinski definition) is 1. The van der Waals surface area contributed by atoms with Crippen LogP contribution in [-0.4, -0.2) is 31.6 Å². The molecule has 1 aromatic heterocycles. The zero-order valence-electron chi connectivity index (χ0n) is 16.8. The molecule has 27 heavy (non-hydrogen) atoms. The van der Waals surface area contributed by atoms with Crippen molar-refractivity contribution in [3.05, 3.63) is 16.0 Å². The highest BCUT2D eigenvalue weighted by molar-refractivity contribution is 7.17. The van der Waals surface area contributed by atoms with Crippen LogP contribution in [0.4, 0.5) is 5.00 Å². The number of esters is 2. The molecule has 6 nitrogen and oxygen atoms in total. The summed E-state index contributed by atoms with van der Waals surface area (Å²) in [6.07, 6.45) is 2.74. The third-order valence-electron chi connectivity index (χ3n) is 5.01. The number of hydrogen-bond acceptors (Lipinski definition) is 6. The lowest BCUT2D eigenvalue weighted by atomic mass is 9.72. The molecule has 1 aromatic rings. The van der Waals surface area contributed by atoms with E-state index in [1.807, 2.05) is 0 Å². The molecule has 1 N–H and O–H groups in total. The minimum absolute atomic E-state index is 0.00820. The van der Waals surface area contributed by atoms with E-state index in [9.17, 15) is 14.4 Å². The Labute approximate surface area is 164 Å². The highest BCUT2D eigenvalue weighted by Crippen LogP contribution is 2.44. The van der Waals surface area contributed by atoms with Gasteiger partial charge in [-0.3, -0.25) is 9.59 Å². The molecule has 150 valence electrons. The van der Waals surface area contributed by atoms with Crippen LogP contribution in [0.5, 0.6) is 0 Å². The predicted molar refractivity (Wildman–Crippen MR) is 105 cm³/mol. The van der Waals surface area contributed by atoms with E-state index in [1.165, 1.54) is 18.4 Å². The van der Waals surface area contributed by atoms with E-state index in [0.29, 0.717) is 16.5 Å². The highest BCUT2D eigenvalue weighted by atomic mass is 32.1. The molecule has 7 heteroatoms. The van der Waals surface area contributed by atoms with Crippen LogP contribution in [0.1, 0.15) is 67.8 Å². The van der Waals surface area contributed by atoms with Gasteiger partial charge in [-0.25, -0.2) is 4.79 Å². The van der Waals surface area contributed by atoms with E-state index in [2.05, 4.69) is 30.8 Å². The second-order valence-electron chi connectivity index (χ2n) is 7.86. The molecule has 0 fully saturated rings. The summed E-state index contributed by atoms with van der Waals surface area (Å²) in [6, 6.07) is 0. The largest absolute Gasteiger partial charge is 0.469 e. The van der Waals surface area contributed by atoms with E-state index in [4.69, 9.17) is 4.74 Å². The van der Waals surface area contributed by atoms with Crippen molar-refractivity contribution in [3.8, 4) is 0 Å². The second kappa shape index (κ2) is 8.87. The van der Waals surface area contributed by atoms with Crippen molar-refractivity contribution >= 4 is 34.2 Å². The Bertz CT molecular complexity index is 717. The quantitative estimate of drug-likeness (QED) is 0.737. The minimum Gasteiger partial charge on any atom is -0.469 e. The number of thiophene rings is 1. The minimum atomic E-state index is -0.436. The number of amides is 1. The van der Waals surface area contributed by atoms with Crippen LogP contribution in [-0.2, 0) is 31.9 Å². The van der Waals surface area contributed by atoms with Crippen molar-refractivity contribution in [1.29, 1.82) is 0 Å². The van der Waals surface area contributed by atoms with Gasteiger partial charge in [0.25, 0.3) is 0 Å². The Morgan fingerprint density at radius 2 is 1.93 bits per heavy atom. The first-order valence-corrected chi connectivity index (χ1v) is 10.2. The number of carbonyl (C=O) groups is 3. The summed E-state index contributed by atoms with van der Waals surface area (Å²) in [5.74, 6) is -0.611. The van der Waals surface area contributed by atoms with Gasteiger partial charge in [-0.2, -0.15) is 0 Å². The van der Waals surface area contributed by atoms with Crippen molar-refractivity contribution in [2.24, 2.45) is 11.3 Å². The van der Waals surface area contributed by atoms with Crippen molar-refractivity contribution in [1.82, 2.24) is 0 Å². The lowest BCUT2D eigenvalue weighted by Crippen LogP contribution is -2.26. The molecular formula is C20H29NO5S. The zero-order valence-corrected chi connectivity index (χ0v) is 17.6. The Morgan fingerprint density at radius 1 is 1.22 bits per heavy atom. The van der Waals surface area contributed by atoms with Crippen LogP contribution in [0.25, 0.3) is 0 Å². The lowest BCUT2D eigenvalue weighted by molar-refractivity contribution is -0.141. The summed E-state index contributed by atoms with van der Waals surface area (Å²) in [7, 11) is 1.29. The van der Waals surface area contributed by atoms with Gasteiger partial charge in [-0.05, 0) is 43.1 Å². The molecule has 2 rings (SSSR count). The Morgan fingerprint density at radius 3 is 2.52 bits per heavy atom. The Balaban J connectivity index is 2.26. The van der Waals surface area contributed by atoms with Gasteiger partial charge in [0.05, 0.1) is 25.7 Å².